The van der Waals surface area contributed by atoms with E-state index in [2.05, 4.69) is 81.9 Å². The van der Waals surface area contributed by atoms with E-state index in [1.54, 1.807) is 0 Å². The maximum Gasteiger partial charge on any atom is 0.0998 e. The first-order valence-electron chi connectivity index (χ1n) is 16.3. The molecule has 0 saturated heterocycles. The molecular formula is C45H25N5. The second-order valence-corrected chi connectivity index (χ2v) is 12.3. The Morgan fingerprint density at radius 1 is 0.360 bits per heavy atom. The fourth-order valence-electron chi connectivity index (χ4n) is 7.46. The third-order valence-electron chi connectivity index (χ3n) is 9.64. The van der Waals surface area contributed by atoms with Gasteiger partial charge in [0.1, 0.15) is 0 Å². The van der Waals surface area contributed by atoms with Crippen LogP contribution < -0.4 is 0 Å². The Labute approximate surface area is 287 Å². The minimum atomic E-state index is 0.568. The van der Waals surface area contributed by atoms with E-state index in [1.165, 1.54) is 0 Å². The van der Waals surface area contributed by atoms with Crippen molar-refractivity contribution in [2.24, 2.45) is 0 Å². The van der Waals surface area contributed by atoms with Crippen LogP contribution in [0.15, 0.2) is 152 Å². The van der Waals surface area contributed by atoms with Gasteiger partial charge in [-0.25, -0.2) is 0 Å². The first-order chi connectivity index (χ1) is 24.7. The molecule has 230 valence electrons. The molecule has 0 atom stereocenters. The smallest absolute Gasteiger partial charge is 0.0998 e. The molecule has 0 amide bonds. The van der Waals surface area contributed by atoms with Gasteiger partial charge in [0, 0.05) is 38.4 Å². The highest BCUT2D eigenvalue weighted by Gasteiger charge is 2.20. The van der Waals surface area contributed by atoms with Gasteiger partial charge in [-0.15, -0.1) is 0 Å². The molecule has 2 heterocycles. The summed E-state index contributed by atoms with van der Waals surface area (Å²) in [5.74, 6) is 0. The third kappa shape index (κ3) is 4.31. The predicted octanol–water partition coefficient (Wildman–Crippen LogP) is 10.8. The van der Waals surface area contributed by atoms with E-state index in [0.717, 1.165) is 77.2 Å². The molecule has 0 radical (unpaired) electrons. The van der Waals surface area contributed by atoms with Gasteiger partial charge in [-0.3, -0.25) is 0 Å². The largest absolute Gasteiger partial charge is 0.309 e. The van der Waals surface area contributed by atoms with Crippen molar-refractivity contribution in [1.29, 1.82) is 15.8 Å². The topological polar surface area (TPSA) is 81.2 Å². The average molecular weight is 636 g/mol. The van der Waals surface area contributed by atoms with Crippen LogP contribution in [0.5, 0.6) is 0 Å². The van der Waals surface area contributed by atoms with Crippen molar-refractivity contribution in [3.8, 4) is 51.8 Å². The van der Waals surface area contributed by atoms with Crippen LogP contribution in [-0.4, -0.2) is 9.13 Å². The zero-order valence-corrected chi connectivity index (χ0v) is 26.7. The van der Waals surface area contributed by atoms with Gasteiger partial charge in [-0.2, -0.15) is 15.8 Å². The van der Waals surface area contributed by atoms with Crippen LogP contribution in [0.1, 0.15) is 16.7 Å². The fourth-order valence-corrected chi connectivity index (χ4v) is 7.46. The quantitative estimate of drug-likeness (QED) is 0.193. The van der Waals surface area contributed by atoms with Crippen LogP contribution in [0, 0.1) is 34.0 Å². The minimum absolute atomic E-state index is 0.568. The molecule has 9 rings (SSSR count). The number of benzene rings is 7. The Kier molecular flexibility index (Phi) is 6.56. The lowest BCUT2D eigenvalue weighted by Gasteiger charge is -2.18. The molecule has 0 aliphatic carbocycles. The van der Waals surface area contributed by atoms with Crippen molar-refractivity contribution in [1.82, 2.24) is 9.13 Å². The van der Waals surface area contributed by atoms with E-state index in [4.69, 9.17) is 0 Å². The van der Waals surface area contributed by atoms with Gasteiger partial charge in [-0.1, -0.05) is 84.9 Å². The zero-order chi connectivity index (χ0) is 33.8. The number of aromatic nitrogens is 2. The van der Waals surface area contributed by atoms with E-state index in [1.807, 2.05) is 97.1 Å². The normalized spacial score (nSPS) is 11.1. The Bertz CT molecular complexity index is 2970. The molecule has 0 aliphatic heterocycles. The van der Waals surface area contributed by atoms with Gasteiger partial charge in [0.25, 0.3) is 0 Å². The monoisotopic (exact) mass is 635 g/mol. The number of nitrogens with zero attached hydrogens (tertiary/aromatic N) is 5. The van der Waals surface area contributed by atoms with Gasteiger partial charge < -0.3 is 9.13 Å². The first kappa shape index (κ1) is 28.8. The van der Waals surface area contributed by atoms with Crippen LogP contribution in [0.3, 0.4) is 0 Å². The van der Waals surface area contributed by atoms with Gasteiger partial charge in [0.05, 0.1) is 62.7 Å². The molecule has 9 aromatic rings. The highest BCUT2D eigenvalue weighted by molar-refractivity contribution is 6.11. The Morgan fingerprint density at radius 3 is 1.66 bits per heavy atom. The molecule has 2 aromatic heterocycles. The molecule has 0 aliphatic rings. The highest BCUT2D eigenvalue weighted by atomic mass is 15.0. The molecular weight excluding hydrogens is 611 g/mol. The van der Waals surface area contributed by atoms with E-state index in [9.17, 15) is 15.8 Å². The Balaban J connectivity index is 1.30. The second-order valence-electron chi connectivity index (χ2n) is 12.3. The summed E-state index contributed by atoms with van der Waals surface area (Å²) in [7, 11) is 0. The van der Waals surface area contributed by atoms with Gasteiger partial charge in [-0.05, 0) is 77.9 Å². The van der Waals surface area contributed by atoms with Crippen molar-refractivity contribution >= 4 is 43.6 Å². The lowest BCUT2D eigenvalue weighted by Crippen LogP contribution is -1.99. The van der Waals surface area contributed by atoms with Gasteiger partial charge >= 0.3 is 0 Å². The molecule has 5 nitrogen and oxygen atoms in total. The molecule has 0 unspecified atom stereocenters. The van der Waals surface area contributed by atoms with Crippen LogP contribution >= 0.6 is 0 Å². The van der Waals surface area contributed by atoms with Crippen LogP contribution in [-0.2, 0) is 0 Å². The van der Waals surface area contributed by atoms with E-state index in [0.29, 0.717) is 16.7 Å². The zero-order valence-electron chi connectivity index (χ0n) is 26.7. The van der Waals surface area contributed by atoms with Crippen LogP contribution in [0.25, 0.3) is 77.2 Å². The molecule has 0 N–H and O–H groups in total. The number of rotatable bonds is 4. The number of hydrogen-bond acceptors (Lipinski definition) is 3. The van der Waals surface area contributed by atoms with Crippen molar-refractivity contribution < 1.29 is 0 Å². The summed E-state index contributed by atoms with van der Waals surface area (Å²) < 4.78 is 4.45. The predicted molar refractivity (Wildman–Crippen MR) is 200 cm³/mol. The van der Waals surface area contributed by atoms with E-state index >= 15 is 0 Å². The Hall–Kier alpha value is -7.39. The first-order valence-corrected chi connectivity index (χ1v) is 16.3. The van der Waals surface area contributed by atoms with Crippen LogP contribution in [0.2, 0.25) is 0 Å². The van der Waals surface area contributed by atoms with Crippen molar-refractivity contribution in [2.45, 2.75) is 0 Å². The van der Waals surface area contributed by atoms with Crippen LogP contribution in [0.4, 0.5) is 0 Å². The standard InChI is InChI=1S/C45H25N5/c46-26-29-18-22-44-40(23-29)37-13-5-8-16-43(37)50(44)42-15-7-3-11-35(42)33-9-1-2-10-34(33)39-25-32(20-19-31(39)28-48)49-41-14-6-4-12-36(41)38-21-17-30(27-47)24-45(38)49/h1-25H. The fraction of sp³-hybridized carbons (Fsp3) is 0. The highest BCUT2D eigenvalue weighted by Crippen LogP contribution is 2.41. The molecule has 0 fully saturated rings. The molecule has 0 saturated carbocycles. The minimum Gasteiger partial charge on any atom is -0.309 e. The average Bonchev–Trinajstić information content (AvgIpc) is 3.69. The third-order valence-corrected chi connectivity index (χ3v) is 9.64. The number of para-hydroxylation sites is 3. The summed E-state index contributed by atoms with van der Waals surface area (Å²) >= 11 is 0. The van der Waals surface area contributed by atoms with Gasteiger partial charge in [0.15, 0.2) is 0 Å². The summed E-state index contributed by atoms with van der Waals surface area (Å²) in [6.07, 6.45) is 0. The molecule has 5 heteroatoms. The lowest BCUT2D eigenvalue weighted by molar-refractivity contribution is 1.18. The number of fused-ring (bicyclic) bond motifs is 6. The van der Waals surface area contributed by atoms with E-state index in [-0.39, 0.29) is 0 Å². The number of nitriles is 3. The van der Waals surface area contributed by atoms with Crippen molar-refractivity contribution in [3.05, 3.63) is 168 Å². The van der Waals surface area contributed by atoms with Crippen molar-refractivity contribution in [3.63, 3.8) is 0 Å². The summed E-state index contributed by atoms with van der Waals surface area (Å²) in [6.45, 7) is 0. The number of hydrogen-bond donors (Lipinski definition) is 0. The summed E-state index contributed by atoms with van der Waals surface area (Å²) in [4.78, 5) is 0. The van der Waals surface area contributed by atoms with Crippen molar-refractivity contribution in [2.75, 3.05) is 0 Å². The van der Waals surface area contributed by atoms with Gasteiger partial charge in [0.2, 0.25) is 0 Å². The Morgan fingerprint density at radius 2 is 0.920 bits per heavy atom. The van der Waals surface area contributed by atoms with E-state index < -0.39 is 0 Å². The molecule has 0 spiro atoms. The summed E-state index contributed by atoms with van der Waals surface area (Å²) in [6, 6.07) is 57.8. The molecule has 0 bridgehead atoms. The second kappa shape index (κ2) is 11.4. The maximum atomic E-state index is 10.4. The maximum absolute atomic E-state index is 10.4. The molecule has 7 aromatic carbocycles. The molecule has 50 heavy (non-hydrogen) atoms. The summed E-state index contributed by atoms with van der Waals surface area (Å²) in [5, 5.41) is 34.1. The summed E-state index contributed by atoms with van der Waals surface area (Å²) in [5.41, 5.74) is 11.5. The lowest BCUT2D eigenvalue weighted by atomic mass is 9.91. The SMILES string of the molecule is N#Cc1ccc2c(c1)c1ccccc1n2-c1ccccc1-c1ccccc1-c1cc(-n2c3ccccc3c3ccc(C#N)cc32)ccc1C#N.